The zero-order valence-electron chi connectivity index (χ0n) is 12.7. The van der Waals surface area contributed by atoms with Crippen LogP contribution in [0.3, 0.4) is 0 Å². The molecule has 0 bridgehead atoms. The lowest BCUT2D eigenvalue weighted by atomic mass is 10.1. The van der Waals surface area contributed by atoms with Gasteiger partial charge in [0.15, 0.2) is 0 Å². The van der Waals surface area contributed by atoms with Crippen molar-refractivity contribution in [2.24, 2.45) is 0 Å². The molecule has 6 heteroatoms. The summed E-state index contributed by atoms with van der Waals surface area (Å²) >= 11 is 0. The average Bonchev–Trinajstić information content (AvgIpc) is 2.48. The largest absolute Gasteiger partial charge is 0.492 e. The van der Waals surface area contributed by atoms with E-state index in [1.54, 1.807) is 12.1 Å². The highest BCUT2D eigenvalue weighted by Gasteiger charge is 2.12. The van der Waals surface area contributed by atoms with Crippen LogP contribution in [0.15, 0.2) is 47.4 Å². The fraction of sp³-hybridized carbons (Fsp3) is 0.250. The number of nitrogens with one attached hydrogen (secondary N) is 1. The van der Waals surface area contributed by atoms with Crippen LogP contribution in [-0.2, 0) is 10.0 Å². The van der Waals surface area contributed by atoms with E-state index in [4.69, 9.17) is 10.5 Å². The number of ether oxygens (including phenoxy) is 1. The SMILES string of the molecule is Cc1ccc(OCCNS(=O)(=O)c2ccc(N)cc2)cc1C. The van der Waals surface area contributed by atoms with E-state index in [1.807, 2.05) is 32.0 Å². The fourth-order valence-electron chi connectivity index (χ4n) is 1.88. The number of hydrogen-bond acceptors (Lipinski definition) is 4. The van der Waals surface area contributed by atoms with Crippen molar-refractivity contribution in [1.29, 1.82) is 0 Å². The normalized spacial score (nSPS) is 11.4. The molecule has 3 N–H and O–H groups in total. The molecule has 0 heterocycles. The molecule has 0 saturated heterocycles. The number of hydrogen-bond donors (Lipinski definition) is 2. The van der Waals surface area contributed by atoms with Crippen molar-refractivity contribution >= 4 is 15.7 Å². The van der Waals surface area contributed by atoms with Gasteiger partial charge in [-0.2, -0.15) is 0 Å². The third-order valence-corrected chi connectivity index (χ3v) is 4.81. The second kappa shape index (κ2) is 6.81. The van der Waals surface area contributed by atoms with Gasteiger partial charge in [-0.15, -0.1) is 0 Å². The van der Waals surface area contributed by atoms with Crippen LogP contribution >= 0.6 is 0 Å². The highest BCUT2D eigenvalue weighted by molar-refractivity contribution is 7.89. The van der Waals surface area contributed by atoms with Gasteiger partial charge in [-0.25, -0.2) is 13.1 Å². The zero-order chi connectivity index (χ0) is 16.2. The second-order valence-corrected chi connectivity index (χ2v) is 6.83. The Labute approximate surface area is 131 Å². The van der Waals surface area contributed by atoms with Crippen LogP contribution in [0, 0.1) is 13.8 Å². The Balaban J connectivity index is 1.87. The first kappa shape index (κ1) is 16.3. The lowest BCUT2D eigenvalue weighted by Crippen LogP contribution is -2.28. The van der Waals surface area contributed by atoms with E-state index >= 15 is 0 Å². The van der Waals surface area contributed by atoms with Crippen molar-refractivity contribution in [2.45, 2.75) is 18.7 Å². The van der Waals surface area contributed by atoms with E-state index in [0.717, 1.165) is 11.3 Å². The molecule has 22 heavy (non-hydrogen) atoms. The van der Waals surface area contributed by atoms with Gasteiger partial charge in [0.2, 0.25) is 10.0 Å². The smallest absolute Gasteiger partial charge is 0.240 e. The second-order valence-electron chi connectivity index (χ2n) is 5.06. The quantitative estimate of drug-likeness (QED) is 0.632. The molecule has 0 atom stereocenters. The molecule has 0 aliphatic carbocycles. The molecule has 0 aliphatic rings. The summed E-state index contributed by atoms with van der Waals surface area (Å²) in [7, 11) is -3.53. The Hall–Kier alpha value is -2.05. The molecule has 118 valence electrons. The van der Waals surface area contributed by atoms with Crippen LogP contribution in [0.4, 0.5) is 5.69 Å². The van der Waals surface area contributed by atoms with Gasteiger partial charge in [0.1, 0.15) is 12.4 Å². The van der Waals surface area contributed by atoms with Crippen LogP contribution in [0.2, 0.25) is 0 Å². The predicted octanol–water partition coefficient (Wildman–Crippen LogP) is 2.24. The molecule has 2 rings (SSSR count). The van der Waals surface area contributed by atoms with Crippen molar-refractivity contribution in [3.63, 3.8) is 0 Å². The average molecular weight is 320 g/mol. The van der Waals surface area contributed by atoms with Crippen LogP contribution in [0.1, 0.15) is 11.1 Å². The van der Waals surface area contributed by atoms with Gasteiger partial charge in [-0.3, -0.25) is 0 Å². The minimum Gasteiger partial charge on any atom is -0.492 e. The van der Waals surface area contributed by atoms with E-state index in [1.165, 1.54) is 17.7 Å². The third kappa shape index (κ3) is 4.22. The summed E-state index contributed by atoms with van der Waals surface area (Å²) in [6.45, 7) is 4.49. The van der Waals surface area contributed by atoms with Gasteiger partial charge in [-0.05, 0) is 61.4 Å². The summed E-state index contributed by atoms with van der Waals surface area (Å²) < 4.78 is 32.1. The maximum absolute atomic E-state index is 12.0. The molecule has 0 aromatic heterocycles. The van der Waals surface area contributed by atoms with E-state index in [0.29, 0.717) is 5.69 Å². The van der Waals surface area contributed by atoms with Crippen molar-refractivity contribution in [2.75, 3.05) is 18.9 Å². The Morgan fingerprint density at radius 2 is 1.73 bits per heavy atom. The van der Waals surface area contributed by atoms with Crippen molar-refractivity contribution in [3.05, 3.63) is 53.6 Å². The number of nitrogens with two attached hydrogens (primary N) is 1. The van der Waals surface area contributed by atoms with Gasteiger partial charge in [-0.1, -0.05) is 6.07 Å². The molecule has 0 unspecified atom stereocenters. The topological polar surface area (TPSA) is 81.4 Å². The number of anilines is 1. The highest BCUT2D eigenvalue weighted by atomic mass is 32.2. The van der Waals surface area contributed by atoms with Gasteiger partial charge >= 0.3 is 0 Å². The highest BCUT2D eigenvalue weighted by Crippen LogP contribution is 2.16. The number of nitrogen functional groups attached to an aromatic ring is 1. The molecular formula is C16H20N2O3S. The lowest BCUT2D eigenvalue weighted by molar-refractivity contribution is 0.322. The summed E-state index contributed by atoms with van der Waals surface area (Å²) in [5.41, 5.74) is 8.40. The minimum absolute atomic E-state index is 0.188. The number of rotatable bonds is 6. The summed E-state index contributed by atoms with van der Waals surface area (Å²) in [6, 6.07) is 11.8. The lowest BCUT2D eigenvalue weighted by Gasteiger charge is -2.10. The number of benzene rings is 2. The van der Waals surface area contributed by atoms with Gasteiger partial charge in [0.25, 0.3) is 0 Å². The van der Waals surface area contributed by atoms with Crippen molar-refractivity contribution < 1.29 is 13.2 Å². The molecular weight excluding hydrogens is 300 g/mol. The Bertz CT molecular complexity index is 740. The number of sulfonamides is 1. The Morgan fingerprint density at radius 3 is 2.36 bits per heavy atom. The minimum atomic E-state index is -3.53. The predicted molar refractivity (Wildman–Crippen MR) is 87.5 cm³/mol. The molecule has 0 aliphatic heterocycles. The van der Waals surface area contributed by atoms with Crippen molar-refractivity contribution in [3.8, 4) is 5.75 Å². The third-order valence-electron chi connectivity index (χ3n) is 3.33. The first-order valence-electron chi connectivity index (χ1n) is 6.94. The molecule has 2 aromatic rings. The van der Waals surface area contributed by atoms with Crippen LogP contribution in [0.25, 0.3) is 0 Å². The summed E-state index contributed by atoms with van der Waals surface area (Å²) in [4.78, 5) is 0.188. The zero-order valence-corrected chi connectivity index (χ0v) is 13.5. The summed E-state index contributed by atoms with van der Waals surface area (Å²) in [5.74, 6) is 0.731. The maximum Gasteiger partial charge on any atom is 0.240 e. The Morgan fingerprint density at radius 1 is 1.05 bits per heavy atom. The van der Waals surface area contributed by atoms with Gasteiger partial charge < -0.3 is 10.5 Å². The molecule has 0 amide bonds. The fourth-order valence-corrected chi connectivity index (χ4v) is 2.89. The van der Waals surface area contributed by atoms with Crippen LogP contribution in [-0.4, -0.2) is 21.6 Å². The summed E-state index contributed by atoms with van der Waals surface area (Å²) in [5, 5.41) is 0. The molecule has 0 radical (unpaired) electrons. The van der Waals surface area contributed by atoms with Crippen LogP contribution < -0.4 is 15.2 Å². The standard InChI is InChI=1S/C16H20N2O3S/c1-12-3-6-15(11-13(12)2)21-10-9-18-22(19,20)16-7-4-14(17)5-8-16/h3-8,11,18H,9-10,17H2,1-2H3. The molecule has 2 aromatic carbocycles. The van der Waals surface area contributed by atoms with E-state index in [-0.39, 0.29) is 18.0 Å². The summed E-state index contributed by atoms with van der Waals surface area (Å²) in [6.07, 6.45) is 0. The van der Waals surface area contributed by atoms with Gasteiger partial charge in [0, 0.05) is 12.2 Å². The van der Waals surface area contributed by atoms with Crippen LogP contribution in [0.5, 0.6) is 5.75 Å². The molecule has 0 saturated carbocycles. The monoisotopic (exact) mass is 320 g/mol. The molecule has 0 spiro atoms. The molecule has 5 nitrogen and oxygen atoms in total. The van der Waals surface area contributed by atoms with E-state index in [9.17, 15) is 8.42 Å². The Kier molecular flexibility index (Phi) is 5.05. The van der Waals surface area contributed by atoms with E-state index < -0.39 is 10.0 Å². The first-order valence-corrected chi connectivity index (χ1v) is 8.42. The maximum atomic E-state index is 12.0. The van der Waals surface area contributed by atoms with E-state index in [2.05, 4.69) is 4.72 Å². The number of aryl methyl sites for hydroxylation is 2. The first-order chi connectivity index (χ1) is 10.4. The van der Waals surface area contributed by atoms with Gasteiger partial charge in [0.05, 0.1) is 4.90 Å². The van der Waals surface area contributed by atoms with Crippen molar-refractivity contribution in [1.82, 2.24) is 4.72 Å². The molecule has 0 fully saturated rings.